The highest BCUT2D eigenvalue weighted by atomic mass is 35.5. The summed E-state index contributed by atoms with van der Waals surface area (Å²) in [6.45, 7) is 2.41. The van der Waals surface area contributed by atoms with Crippen molar-refractivity contribution in [1.82, 2.24) is 0 Å². The van der Waals surface area contributed by atoms with Gasteiger partial charge in [-0.25, -0.2) is 0 Å². The van der Waals surface area contributed by atoms with E-state index in [4.69, 9.17) is 16.3 Å². The molecule has 0 saturated carbocycles. The Balaban J connectivity index is 2.78. The Morgan fingerprint density at radius 1 is 1.62 bits per heavy atom. The molecule has 0 spiro atoms. The molecular weight excluding hydrogens is 250 g/mol. The van der Waals surface area contributed by atoms with Crippen molar-refractivity contribution < 1.29 is 9.66 Å². The molecule has 1 atom stereocenters. The van der Waals surface area contributed by atoms with Crippen LogP contribution in [0, 0.1) is 16.0 Å². The SMILES string of the molecule is CC(CS)COc1cc([N+](=O)[O-])ccc1Cl. The first-order valence-electron chi connectivity index (χ1n) is 4.72. The van der Waals surface area contributed by atoms with Gasteiger partial charge in [0.05, 0.1) is 22.6 Å². The molecular formula is C10H12ClNO3S. The number of nitro benzene ring substituents is 1. The average Bonchev–Trinajstić information content (AvgIpc) is 2.27. The second-order valence-electron chi connectivity index (χ2n) is 3.47. The summed E-state index contributed by atoms with van der Waals surface area (Å²) < 4.78 is 5.40. The lowest BCUT2D eigenvalue weighted by Crippen LogP contribution is -2.10. The molecule has 0 aliphatic rings. The van der Waals surface area contributed by atoms with E-state index < -0.39 is 4.92 Å². The van der Waals surface area contributed by atoms with Crippen LogP contribution in [0.4, 0.5) is 5.69 Å². The molecule has 0 fully saturated rings. The summed E-state index contributed by atoms with van der Waals surface area (Å²) in [4.78, 5) is 10.1. The Hall–Kier alpha value is -0.940. The zero-order valence-electron chi connectivity index (χ0n) is 8.72. The summed E-state index contributed by atoms with van der Waals surface area (Å²) in [5.41, 5.74) is -0.0297. The number of thiol groups is 1. The van der Waals surface area contributed by atoms with Gasteiger partial charge in [0.25, 0.3) is 5.69 Å². The highest BCUT2D eigenvalue weighted by molar-refractivity contribution is 7.80. The van der Waals surface area contributed by atoms with Gasteiger partial charge in [0.15, 0.2) is 0 Å². The van der Waals surface area contributed by atoms with Gasteiger partial charge in [-0.05, 0) is 17.7 Å². The molecule has 88 valence electrons. The maximum absolute atomic E-state index is 10.6. The van der Waals surface area contributed by atoms with Gasteiger partial charge in [-0.3, -0.25) is 10.1 Å². The number of nitro groups is 1. The lowest BCUT2D eigenvalue weighted by atomic mass is 10.2. The van der Waals surface area contributed by atoms with Crippen molar-refractivity contribution in [3.8, 4) is 5.75 Å². The third-order valence-corrected chi connectivity index (χ3v) is 2.90. The van der Waals surface area contributed by atoms with Crippen LogP contribution in [0.15, 0.2) is 18.2 Å². The van der Waals surface area contributed by atoms with Crippen LogP contribution in [-0.4, -0.2) is 17.3 Å². The third-order valence-electron chi connectivity index (χ3n) is 1.96. The molecule has 16 heavy (non-hydrogen) atoms. The van der Waals surface area contributed by atoms with Gasteiger partial charge >= 0.3 is 0 Å². The van der Waals surface area contributed by atoms with E-state index in [0.717, 1.165) is 0 Å². The van der Waals surface area contributed by atoms with E-state index >= 15 is 0 Å². The van der Waals surface area contributed by atoms with E-state index in [0.29, 0.717) is 23.1 Å². The quantitative estimate of drug-likeness (QED) is 0.503. The normalized spacial score (nSPS) is 12.2. The Morgan fingerprint density at radius 2 is 2.31 bits per heavy atom. The number of hydrogen-bond donors (Lipinski definition) is 1. The van der Waals surface area contributed by atoms with Gasteiger partial charge in [0, 0.05) is 6.07 Å². The van der Waals surface area contributed by atoms with Gasteiger partial charge in [0.2, 0.25) is 0 Å². The second kappa shape index (κ2) is 5.96. The van der Waals surface area contributed by atoms with Crippen LogP contribution < -0.4 is 4.74 Å². The third kappa shape index (κ3) is 3.57. The number of ether oxygens (including phenoxy) is 1. The largest absolute Gasteiger partial charge is 0.491 e. The Kier molecular flexibility index (Phi) is 4.89. The van der Waals surface area contributed by atoms with Crippen molar-refractivity contribution in [3.05, 3.63) is 33.3 Å². The first kappa shape index (κ1) is 13.1. The van der Waals surface area contributed by atoms with Crippen LogP contribution in [0.5, 0.6) is 5.75 Å². The fraction of sp³-hybridized carbons (Fsp3) is 0.400. The smallest absolute Gasteiger partial charge is 0.273 e. The molecule has 1 rings (SSSR count). The molecule has 0 aliphatic carbocycles. The molecule has 0 aromatic heterocycles. The molecule has 4 nitrogen and oxygen atoms in total. The van der Waals surface area contributed by atoms with E-state index in [1.165, 1.54) is 18.2 Å². The molecule has 0 N–H and O–H groups in total. The van der Waals surface area contributed by atoms with Gasteiger partial charge in [-0.2, -0.15) is 12.6 Å². The first-order chi connectivity index (χ1) is 7.54. The molecule has 1 aromatic carbocycles. The first-order valence-corrected chi connectivity index (χ1v) is 5.73. The number of hydrogen-bond acceptors (Lipinski definition) is 4. The summed E-state index contributed by atoms with van der Waals surface area (Å²) >= 11 is 9.98. The van der Waals surface area contributed by atoms with Gasteiger partial charge in [0.1, 0.15) is 5.75 Å². The molecule has 0 heterocycles. The Labute approximate surface area is 104 Å². The molecule has 6 heteroatoms. The van der Waals surface area contributed by atoms with Crippen LogP contribution in [-0.2, 0) is 0 Å². The van der Waals surface area contributed by atoms with Gasteiger partial charge in [-0.15, -0.1) is 0 Å². The van der Waals surface area contributed by atoms with Crippen molar-refractivity contribution >= 4 is 29.9 Å². The molecule has 1 unspecified atom stereocenters. The summed E-state index contributed by atoms with van der Waals surface area (Å²) in [6, 6.07) is 4.13. The van der Waals surface area contributed by atoms with Gasteiger partial charge < -0.3 is 4.74 Å². The number of rotatable bonds is 5. The molecule has 0 amide bonds. The number of halogens is 1. The monoisotopic (exact) mass is 261 g/mol. The number of benzene rings is 1. The zero-order valence-corrected chi connectivity index (χ0v) is 10.4. The lowest BCUT2D eigenvalue weighted by molar-refractivity contribution is -0.384. The highest BCUT2D eigenvalue weighted by Gasteiger charge is 2.11. The summed E-state index contributed by atoms with van der Waals surface area (Å²) in [7, 11) is 0. The summed E-state index contributed by atoms with van der Waals surface area (Å²) in [6.07, 6.45) is 0. The van der Waals surface area contributed by atoms with Crippen LogP contribution in [0.1, 0.15) is 6.92 Å². The fourth-order valence-electron chi connectivity index (χ4n) is 1.00. The van der Waals surface area contributed by atoms with E-state index in [1.807, 2.05) is 6.92 Å². The van der Waals surface area contributed by atoms with Crippen LogP contribution >= 0.6 is 24.2 Å². The molecule has 0 aliphatic heterocycles. The van der Waals surface area contributed by atoms with Crippen LogP contribution in [0.25, 0.3) is 0 Å². The molecule has 0 radical (unpaired) electrons. The minimum atomic E-state index is -0.481. The zero-order chi connectivity index (χ0) is 12.1. The number of nitrogens with zero attached hydrogens (tertiary/aromatic N) is 1. The summed E-state index contributed by atoms with van der Waals surface area (Å²) in [5, 5.41) is 10.9. The average molecular weight is 262 g/mol. The maximum atomic E-state index is 10.6. The van der Waals surface area contributed by atoms with Crippen molar-refractivity contribution in [2.24, 2.45) is 5.92 Å². The lowest BCUT2D eigenvalue weighted by Gasteiger charge is -2.11. The van der Waals surface area contributed by atoms with Crippen molar-refractivity contribution in [2.75, 3.05) is 12.4 Å². The molecule has 0 saturated heterocycles. The van der Waals surface area contributed by atoms with Crippen molar-refractivity contribution in [3.63, 3.8) is 0 Å². The van der Waals surface area contributed by atoms with Crippen molar-refractivity contribution in [2.45, 2.75) is 6.92 Å². The Bertz CT molecular complexity index is 386. The Morgan fingerprint density at radius 3 is 2.88 bits per heavy atom. The number of non-ortho nitro benzene ring substituents is 1. The van der Waals surface area contributed by atoms with E-state index in [9.17, 15) is 10.1 Å². The van der Waals surface area contributed by atoms with Crippen molar-refractivity contribution in [1.29, 1.82) is 0 Å². The maximum Gasteiger partial charge on any atom is 0.273 e. The molecule has 1 aromatic rings. The second-order valence-corrected chi connectivity index (χ2v) is 4.24. The molecule has 0 bridgehead atoms. The van der Waals surface area contributed by atoms with Gasteiger partial charge in [-0.1, -0.05) is 18.5 Å². The van der Waals surface area contributed by atoms with Crippen LogP contribution in [0.3, 0.4) is 0 Å². The predicted molar refractivity (Wildman–Crippen MR) is 66.6 cm³/mol. The predicted octanol–water partition coefficient (Wildman–Crippen LogP) is 3.19. The van der Waals surface area contributed by atoms with E-state index in [1.54, 1.807) is 0 Å². The van der Waals surface area contributed by atoms with E-state index in [-0.39, 0.29) is 11.6 Å². The standard InChI is InChI=1S/C10H12ClNO3S/c1-7(6-16)5-15-10-4-8(12(13)14)2-3-9(10)11/h2-4,7,16H,5-6H2,1H3. The minimum absolute atomic E-state index is 0.0297. The van der Waals surface area contributed by atoms with E-state index in [2.05, 4.69) is 12.6 Å². The highest BCUT2D eigenvalue weighted by Crippen LogP contribution is 2.29. The topological polar surface area (TPSA) is 52.4 Å². The fourth-order valence-corrected chi connectivity index (χ4v) is 1.28. The minimum Gasteiger partial charge on any atom is -0.491 e. The van der Waals surface area contributed by atoms with Crippen LogP contribution in [0.2, 0.25) is 5.02 Å². The summed E-state index contributed by atoms with van der Waals surface area (Å²) in [5.74, 6) is 1.29.